The largest absolute Gasteiger partial charge is 0.472 e. The summed E-state index contributed by atoms with van der Waals surface area (Å²) in [5.74, 6) is -0.463. The highest BCUT2D eigenvalue weighted by molar-refractivity contribution is 7.47. The Labute approximate surface area is 281 Å². The van der Waals surface area contributed by atoms with Gasteiger partial charge in [0.15, 0.2) is 0 Å². The third kappa shape index (κ3) is 30.0. The van der Waals surface area contributed by atoms with E-state index < -0.39 is 38.6 Å². The molecule has 0 aliphatic heterocycles. The van der Waals surface area contributed by atoms with Crippen molar-refractivity contribution >= 4 is 13.7 Å². The number of nitrogens with two attached hydrogens (primary N) is 1. The molecule has 0 heterocycles. The maximum atomic E-state index is 12.7. The molecule has 0 aliphatic rings. The zero-order chi connectivity index (χ0) is 34.1. The summed E-state index contributed by atoms with van der Waals surface area (Å²) >= 11 is 0. The lowest BCUT2D eigenvalue weighted by Crippen LogP contribution is -2.46. The van der Waals surface area contributed by atoms with Crippen molar-refractivity contribution < 1.29 is 33.5 Å². The Morgan fingerprint density at radius 2 is 1.24 bits per heavy atom. The fourth-order valence-electron chi connectivity index (χ4n) is 4.98. The van der Waals surface area contributed by atoms with Crippen LogP contribution in [0.4, 0.5) is 0 Å². The van der Waals surface area contributed by atoms with E-state index in [9.17, 15) is 24.5 Å². The lowest BCUT2D eigenvalue weighted by atomic mass is 10.0. The Morgan fingerprint density at radius 1 is 0.739 bits per heavy atom. The number of nitrogens with one attached hydrogen (secondary N) is 1. The number of phosphoric ester groups is 1. The minimum atomic E-state index is -4.40. The quantitative estimate of drug-likeness (QED) is 0.0266. The number of hydrogen-bond acceptors (Lipinski definition) is 7. The molecule has 4 unspecified atom stereocenters. The van der Waals surface area contributed by atoms with Crippen LogP contribution in [0, 0.1) is 0 Å². The summed E-state index contributed by atoms with van der Waals surface area (Å²) < 4.78 is 21.9. The number of carbonyl (C=O) groups is 1. The standard InChI is InChI=1S/C36H69N2O7P/c1-3-5-7-9-11-13-15-16-18-19-21-23-25-27-33(39)31-36(41)38-34(32-45-46(42,43)44-30-29-37)35(40)28-26-24-22-20-17-14-12-10-8-6-4-2/h8,10,17,20,26,28,33-35,39-40H,3-7,9,11-16,18-19,21-25,27,29-32,37H2,1-2H3,(H,38,41)(H,42,43)/b10-8+,20-17+,28-26+. The second-order valence-electron chi connectivity index (χ2n) is 12.3. The number of hydrogen-bond donors (Lipinski definition) is 5. The number of unbranched alkanes of at least 4 members (excludes halogenated alkanes) is 15. The van der Waals surface area contributed by atoms with Crippen molar-refractivity contribution in [2.75, 3.05) is 19.8 Å². The van der Waals surface area contributed by atoms with E-state index in [1.807, 2.05) is 6.08 Å². The molecule has 0 fully saturated rings. The van der Waals surface area contributed by atoms with Crippen LogP contribution in [0.15, 0.2) is 36.5 Å². The normalized spacial score (nSPS) is 15.5. The summed E-state index contributed by atoms with van der Waals surface area (Å²) in [6, 6.07) is -1.00. The lowest BCUT2D eigenvalue weighted by Gasteiger charge is -2.24. The average molecular weight is 673 g/mol. The highest BCUT2D eigenvalue weighted by Gasteiger charge is 2.27. The number of carbonyl (C=O) groups excluding carboxylic acids is 1. The summed E-state index contributed by atoms with van der Waals surface area (Å²) in [4.78, 5) is 22.6. The first-order chi connectivity index (χ1) is 22.3. The molecule has 4 atom stereocenters. The van der Waals surface area contributed by atoms with Gasteiger partial charge in [0.1, 0.15) is 0 Å². The smallest absolute Gasteiger partial charge is 0.393 e. The Bertz CT molecular complexity index is 837. The number of aliphatic hydroxyl groups excluding tert-OH is 2. The fourth-order valence-corrected chi connectivity index (χ4v) is 5.74. The van der Waals surface area contributed by atoms with Gasteiger partial charge >= 0.3 is 7.82 Å². The van der Waals surface area contributed by atoms with Crippen LogP contribution >= 0.6 is 7.82 Å². The number of allylic oxidation sites excluding steroid dienone is 5. The van der Waals surface area contributed by atoms with Crippen molar-refractivity contribution in [2.45, 2.75) is 167 Å². The highest BCUT2D eigenvalue weighted by atomic mass is 31.2. The van der Waals surface area contributed by atoms with Crippen molar-refractivity contribution in [1.82, 2.24) is 5.32 Å². The summed E-state index contributed by atoms with van der Waals surface area (Å²) in [7, 11) is -4.40. The van der Waals surface area contributed by atoms with Crippen LogP contribution in [-0.2, 0) is 18.4 Å². The molecule has 9 nitrogen and oxygen atoms in total. The van der Waals surface area contributed by atoms with Gasteiger partial charge in [-0.15, -0.1) is 0 Å². The maximum absolute atomic E-state index is 12.7. The van der Waals surface area contributed by atoms with Gasteiger partial charge < -0.3 is 26.2 Å². The Balaban J connectivity index is 4.50. The zero-order valence-corrected chi connectivity index (χ0v) is 30.1. The van der Waals surface area contributed by atoms with Gasteiger partial charge in [-0.1, -0.05) is 140 Å². The van der Waals surface area contributed by atoms with E-state index in [2.05, 4.69) is 43.5 Å². The molecule has 0 saturated heterocycles. The van der Waals surface area contributed by atoms with Crippen LogP contribution in [0.5, 0.6) is 0 Å². The number of amides is 1. The maximum Gasteiger partial charge on any atom is 0.472 e. The van der Waals surface area contributed by atoms with E-state index in [1.54, 1.807) is 6.08 Å². The number of aliphatic hydroxyl groups is 2. The Hall–Kier alpha value is -1.32. The molecule has 270 valence electrons. The molecule has 46 heavy (non-hydrogen) atoms. The van der Waals surface area contributed by atoms with E-state index in [-0.39, 0.29) is 19.6 Å². The van der Waals surface area contributed by atoms with Gasteiger partial charge in [-0.2, -0.15) is 0 Å². The third-order valence-electron chi connectivity index (χ3n) is 7.73. The summed E-state index contributed by atoms with van der Waals surface area (Å²) in [6.07, 6.45) is 32.4. The molecule has 0 spiro atoms. The molecule has 1 amide bonds. The van der Waals surface area contributed by atoms with E-state index >= 15 is 0 Å². The average Bonchev–Trinajstić information content (AvgIpc) is 3.03. The molecular formula is C36H69N2O7P. The van der Waals surface area contributed by atoms with E-state index in [4.69, 9.17) is 14.8 Å². The SMILES string of the molecule is CCC/C=C/CC/C=C/CC/C=C/C(O)C(COP(=O)(O)OCCN)NC(=O)CC(O)CCCCCCCCCCCCCCC. The van der Waals surface area contributed by atoms with Gasteiger partial charge in [0, 0.05) is 6.54 Å². The molecule has 0 radical (unpaired) electrons. The molecule has 0 aromatic carbocycles. The molecule has 0 rings (SSSR count). The number of rotatable bonds is 33. The molecule has 0 aliphatic carbocycles. The third-order valence-corrected chi connectivity index (χ3v) is 8.72. The Kier molecular flexibility index (Phi) is 31.3. The van der Waals surface area contributed by atoms with E-state index in [0.717, 1.165) is 51.4 Å². The van der Waals surface area contributed by atoms with Crippen LogP contribution < -0.4 is 11.1 Å². The Morgan fingerprint density at radius 3 is 1.76 bits per heavy atom. The first-order valence-electron chi connectivity index (χ1n) is 18.2. The van der Waals surface area contributed by atoms with Gasteiger partial charge in [0.25, 0.3) is 0 Å². The second kappa shape index (κ2) is 32.2. The molecule has 10 heteroatoms. The summed E-state index contributed by atoms with van der Waals surface area (Å²) in [6.45, 7) is 3.83. The number of phosphoric acid groups is 1. The lowest BCUT2D eigenvalue weighted by molar-refractivity contribution is -0.124. The van der Waals surface area contributed by atoms with Crippen LogP contribution in [0.1, 0.15) is 149 Å². The van der Waals surface area contributed by atoms with Gasteiger partial charge in [0.2, 0.25) is 5.91 Å². The van der Waals surface area contributed by atoms with Gasteiger partial charge in [-0.05, 0) is 38.5 Å². The molecule has 0 aromatic rings. The molecule has 0 bridgehead atoms. The van der Waals surface area contributed by atoms with Crippen LogP contribution in [0.2, 0.25) is 0 Å². The van der Waals surface area contributed by atoms with Crippen molar-refractivity contribution in [2.24, 2.45) is 5.73 Å². The minimum Gasteiger partial charge on any atom is -0.393 e. The first kappa shape index (κ1) is 44.7. The minimum absolute atomic E-state index is 0.0422. The van der Waals surface area contributed by atoms with Gasteiger partial charge in [0.05, 0.1) is 37.9 Å². The molecule has 6 N–H and O–H groups in total. The predicted octanol–water partition coefficient (Wildman–Crippen LogP) is 8.19. The second-order valence-corrected chi connectivity index (χ2v) is 13.7. The summed E-state index contributed by atoms with van der Waals surface area (Å²) in [5, 5.41) is 23.8. The first-order valence-corrected chi connectivity index (χ1v) is 19.7. The monoisotopic (exact) mass is 672 g/mol. The summed E-state index contributed by atoms with van der Waals surface area (Å²) in [5.41, 5.74) is 5.33. The van der Waals surface area contributed by atoms with Crippen LogP contribution in [0.25, 0.3) is 0 Å². The van der Waals surface area contributed by atoms with Crippen molar-refractivity contribution in [3.05, 3.63) is 36.5 Å². The topological polar surface area (TPSA) is 151 Å². The van der Waals surface area contributed by atoms with E-state index in [0.29, 0.717) is 12.8 Å². The van der Waals surface area contributed by atoms with Crippen LogP contribution in [0.3, 0.4) is 0 Å². The van der Waals surface area contributed by atoms with Crippen molar-refractivity contribution in [3.8, 4) is 0 Å². The van der Waals surface area contributed by atoms with E-state index in [1.165, 1.54) is 64.2 Å². The molecule has 0 aromatic heterocycles. The van der Waals surface area contributed by atoms with Crippen molar-refractivity contribution in [1.29, 1.82) is 0 Å². The molecule has 0 saturated carbocycles. The highest BCUT2D eigenvalue weighted by Crippen LogP contribution is 2.43. The van der Waals surface area contributed by atoms with Crippen LogP contribution in [-0.4, -0.2) is 59.0 Å². The molecular weight excluding hydrogens is 603 g/mol. The predicted molar refractivity (Wildman–Crippen MR) is 190 cm³/mol. The zero-order valence-electron chi connectivity index (χ0n) is 29.2. The fraction of sp³-hybridized carbons (Fsp3) is 0.806. The van der Waals surface area contributed by atoms with Gasteiger partial charge in [-0.3, -0.25) is 13.8 Å². The van der Waals surface area contributed by atoms with Crippen molar-refractivity contribution in [3.63, 3.8) is 0 Å². The van der Waals surface area contributed by atoms with Gasteiger partial charge in [-0.25, -0.2) is 4.57 Å².